The van der Waals surface area contributed by atoms with Gasteiger partial charge in [0.15, 0.2) is 5.84 Å². The Labute approximate surface area is 115 Å². The minimum atomic E-state index is -4.08. The van der Waals surface area contributed by atoms with Gasteiger partial charge in [0.25, 0.3) is 0 Å². The summed E-state index contributed by atoms with van der Waals surface area (Å²) in [5, 5.41) is 11.9. The van der Waals surface area contributed by atoms with Crippen molar-refractivity contribution in [2.75, 3.05) is 25.9 Å². The third-order valence-electron chi connectivity index (χ3n) is 3.56. The Hall–Kier alpha value is -0.630. The molecule has 1 fully saturated rings. The number of piperidine rings is 1. The van der Waals surface area contributed by atoms with Crippen molar-refractivity contribution >= 4 is 17.6 Å². The van der Waals surface area contributed by atoms with E-state index < -0.39 is 12.6 Å². The fraction of sp³-hybridized carbons (Fsp3) is 0.909. The van der Waals surface area contributed by atoms with Crippen LogP contribution in [0.15, 0.2) is 5.16 Å². The van der Waals surface area contributed by atoms with E-state index in [1.807, 2.05) is 11.2 Å². The number of oxime groups is 1. The van der Waals surface area contributed by atoms with Crippen LogP contribution in [0.1, 0.15) is 25.7 Å². The summed E-state index contributed by atoms with van der Waals surface area (Å²) in [7, 11) is 0. The van der Waals surface area contributed by atoms with Gasteiger partial charge in [-0.25, -0.2) is 0 Å². The van der Waals surface area contributed by atoms with E-state index in [0.717, 1.165) is 0 Å². The van der Waals surface area contributed by atoms with Gasteiger partial charge in [0, 0.05) is 6.42 Å². The number of amidine groups is 1. The summed E-state index contributed by atoms with van der Waals surface area (Å²) in [6.45, 7) is 1.80. The van der Waals surface area contributed by atoms with E-state index in [9.17, 15) is 13.2 Å². The number of hydrogen-bond acceptors (Lipinski definition) is 4. The van der Waals surface area contributed by atoms with Gasteiger partial charge in [-0.3, -0.25) is 0 Å². The molecule has 112 valence electrons. The Morgan fingerprint density at radius 2 is 2.00 bits per heavy atom. The number of hydrogen-bond donors (Lipinski definition) is 2. The monoisotopic (exact) mass is 299 g/mol. The van der Waals surface area contributed by atoms with Gasteiger partial charge < -0.3 is 15.8 Å². The van der Waals surface area contributed by atoms with Crippen molar-refractivity contribution in [3.8, 4) is 0 Å². The Bertz CT molecular complexity index is 315. The molecule has 0 radical (unpaired) electrons. The van der Waals surface area contributed by atoms with Crippen molar-refractivity contribution in [3.63, 3.8) is 0 Å². The summed E-state index contributed by atoms with van der Waals surface area (Å²) >= 11 is 1.53. The van der Waals surface area contributed by atoms with Gasteiger partial charge >= 0.3 is 6.18 Å². The van der Waals surface area contributed by atoms with E-state index in [2.05, 4.69) is 5.16 Å². The smallest absolute Gasteiger partial charge is 0.389 e. The predicted molar refractivity (Wildman–Crippen MR) is 70.6 cm³/mol. The zero-order valence-corrected chi connectivity index (χ0v) is 11.7. The lowest BCUT2D eigenvalue weighted by molar-refractivity contribution is -0.136. The number of alkyl halides is 3. The molecule has 1 saturated heterocycles. The first-order valence-electron chi connectivity index (χ1n) is 6.15. The van der Waals surface area contributed by atoms with Crippen LogP contribution in [0, 0.1) is 0 Å². The highest BCUT2D eigenvalue weighted by atomic mass is 32.2. The van der Waals surface area contributed by atoms with Gasteiger partial charge in [0.1, 0.15) is 0 Å². The normalized spacial score (nSPS) is 21.6. The predicted octanol–water partition coefficient (Wildman–Crippen LogP) is 2.27. The molecular weight excluding hydrogens is 279 g/mol. The summed E-state index contributed by atoms with van der Waals surface area (Å²) < 4.78 is 35.8. The molecule has 1 heterocycles. The molecule has 1 rings (SSSR count). The highest BCUT2D eigenvalue weighted by Crippen LogP contribution is 2.35. The third-order valence-corrected chi connectivity index (χ3v) is 4.96. The highest BCUT2D eigenvalue weighted by Gasteiger charge is 2.38. The third kappa shape index (κ3) is 4.76. The van der Waals surface area contributed by atoms with Crippen molar-refractivity contribution in [2.45, 2.75) is 36.6 Å². The number of halogens is 3. The Balaban J connectivity index is 2.40. The van der Waals surface area contributed by atoms with Crippen LogP contribution in [0.2, 0.25) is 0 Å². The standard InChI is InChI=1S/C11H20F3N3OS/c1-19-10(9(15)16-18)4-7-17(8-5-10)6-2-3-11(12,13)14/h18H,2-8H2,1H3,(H2,15,16). The van der Waals surface area contributed by atoms with Crippen molar-refractivity contribution in [1.29, 1.82) is 0 Å². The maximum Gasteiger partial charge on any atom is 0.389 e. The first-order valence-corrected chi connectivity index (χ1v) is 7.38. The fourth-order valence-electron chi connectivity index (χ4n) is 2.30. The van der Waals surface area contributed by atoms with Crippen LogP contribution >= 0.6 is 11.8 Å². The minimum Gasteiger partial charge on any atom is -0.409 e. The van der Waals surface area contributed by atoms with Crippen LogP contribution in [0.25, 0.3) is 0 Å². The zero-order valence-electron chi connectivity index (χ0n) is 10.9. The number of likely N-dealkylation sites (tertiary alicyclic amines) is 1. The number of nitrogens with two attached hydrogens (primary N) is 1. The average molecular weight is 299 g/mol. The Kier molecular flexibility index (Phi) is 5.79. The van der Waals surface area contributed by atoms with Gasteiger partial charge in [0.05, 0.1) is 4.75 Å². The molecule has 0 saturated carbocycles. The molecule has 0 unspecified atom stereocenters. The second-order valence-corrected chi connectivity index (χ2v) is 5.93. The molecule has 8 heteroatoms. The SMILES string of the molecule is CSC1(C(N)=NO)CCN(CCCC(F)(F)F)CC1. The number of nitrogens with zero attached hydrogens (tertiary/aromatic N) is 2. The molecule has 1 aliphatic heterocycles. The summed E-state index contributed by atoms with van der Waals surface area (Å²) in [5.41, 5.74) is 5.71. The van der Waals surface area contributed by atoms with Crippen LogP contribution in [-0.2, 0) is 0 Å². The summed E-state index contributed by atoms with van der Waals surface area (Å²) in [6, 6.07) is 0. The van der Waals surface area contributed by atoms with Crippen LogP contribution < -0.4 is 5.73 Å². The molecule has 0 amide bonds. The molecule has 0 spiro atoms. The molecule has 0 aromatic carbocycles. The minimum absolute atomic E-state index is 0.124. The van der Waals surface area contributed by atoms with Crippen LogP contribution in [0.4, 0.5) is 13.2 Å². The van der Waals surface area contributed by atoms with E-state index in [4.69, 9.17) is 10.9 Å². The second kappa shape index (κ2) is 6.69. The van der Waals surface area contributed by atoms with Crippen molar-refractivity contribution in [3.05, 3.63) is 0 Å². The highest BCUT2D eigenvalue weighted by molar-refractivity contribution is 8.00. The quantitative estimate of drug-likeness (QED) is 0.354. The number of thioether (sulfide) groups is 1. The van der Waals surface area contributed by atoms with Crippen LogP contribution in [0.3, 0.4) is 0 Å². The van der Waals surface area contributed by atoms with Gasteiger partial charge in [-0.05, 0) is 45.2 Å². The molecule has 0 aliphatic carbocycles. The van der Waals surface area contributed by atoms with Crippen molar-refractivity contribution in [2.24, 2.45) is 10.9 Å². The number of rotatable bonds is 5. The van der Waals surface area contributed by atoms with E-state index in [1.165, 1.54) is 11.8 Å². The van der Waals surface area contributed by atoms with Gasteiger partial charge in [-0.1, -0.05) is 5.16 Å². The van der Waals surface area contributed by atoms with Gasteiger partial charge in [0.2, 0.25) is 0 Å². The molecule has 1 aliphatic rings. The maximum atomic E-state index is 12.1. The van der Waals surface area contributed by atoms with E-state index in [0.29, 0.717) is 32.5 Å². The van der Waals surface area contributed by atoms with Gasteiger partial charge in [-0.2, -0.15) is 24.9 Å². The average Bonchev–Trinajstić information content (AvgIpc) is 2.37. The lowest BCUT2D eigenvalue weighted by Gasteiger charge is -2.39. The first-order chi connectivity index (χ1) is 8.83. The molecular formula is C11H20F3N3OS. The van der Waals surface area contributed by atoms with Crippen LogP contribution in [0.5, 0.6) is 0 Å². The molecule has 0 atom stereocenters. The zero-order chi connectivity index (χ0) is 14.5. The van der Waals surface area contributed by atoms with E-state index >= 15 is 0 Å². The summed E-state index contributed by atoms with van der Waals surface area (Å²) in [4.78, 5) is 2.00. The van der Waals surface area contributed by atoms with Crippen molar-refractivity contribution in [1.82, 2.24) is 4.90 Å². The molecule has 19 heavy (non-hydrogen) atoms. The molecule has 0 bridgehead atoms. The molecule has 3 N–H and O–H groups in total. The molecule has 0 aromatic rings. The first kappa shape index (κ1) is 16.4. The van der Waals surface area contributed by atoms with E-state index in [-0.39, 0.29) is 17.0 Å². The second-order valence-electron chi connectivity index (χ2n) is 4.74. The van der Waals surface area contributed by atoms with Crippen LogP contribution in [-0.4, -0.2) is 52.8 Å². The molecule has 4 nitrogen and oxygen atoms in total. The fourth-order valence-corrected chi connectivity index (χ4v) is 3.14. The van der Waals surface area contributed by atoms with E-state index in [1.54, 1.807) is 0 Å². The van der Waals surface area contributed by atoms with Gasteiger partial charge in [-0.15, -0.1) is 0 Å². The largest absolute Gasteiger partial charge is 0.409 e. The molecule has 0 aromatic heterocycles. The lowest BCUT2D eigenvalue weighted by Crippen LogP contribution is -2.50. The summed E-state index contributed by atoms with van der Waals surface area (Å²) in [5.74, 6) is 0.204. The topological polar surface area (TPSA) is 61.9 Å². The Morgan fingerprint density at radius 1 is 1.42 bits per heavy atom. The Morgan fingerprint density at radius 3 is 2.42 bits per heavy atom. The summed E-state index contributed by atoms with van der Waals surface area (Å²) in [6.07, 6.45) is -1.41. The maximum absolute atomic E-state index is 12.1. The lowest BCUT2D eigenvalue weighted by atomic mass is 9.94. The van der Waals surface area contributed by atoms with Crippen molar-refractivity contribution < 1.29 is 18.4 Å².